The molecule has 0 saturated carbocycles. The zero-order valence-electron chi connectivity index (χ0n) is 20.4. The van der Waals surface area contributed by atoms with Gasteiger partial charge in [-0.2, -0.15) is 5.26 Å². The van der Waals surface area contributed by atoms with E-state index in [4.69, 9.17) is 26.2 Å². The molecule has 0 bridgehead atoms. The van der Waals surface area contributed by atoms with Crippen LogP contribution in [0.2, 0.25) is 5.02 Å². The van der Waals surface area contributed by atoms with Crippen LogP contribution in [0.15, 0.2) is 72.8 Å². The highest BCUT2D eigenvalue weighted by Gasteiger charge is 2.15. The molecule has 0 aliphatic carbocycles. The average Bonchev–Trinajstić information content (AvgIpc) is 2.88. The fourth-order valence-corrected chi connectivity index (χ4v) is 3.65. The van der Waals surface area contributed by atoms with Gasteiger partial charge in [-0.15, -0.1) is 6.58 Å². The highest BCUT2D eigenvalue weighted by atomic mass is 35.5. The van der Waals surface area contributed by atoms with Crippen molar-refractivity contribution in [3.8, 4) is 17.6 Å². The monoisotopic (exact) mass is 516 g/mol. The number of rotatable bonds is 10. The van der Waals surface area contributed by atoms with Crippen LogP contribution in [0.1, 0.15) is 32.6 Å². The highest BCUT2D eigenvalue weighted by Crippen LogP contribution is 2.35. The van der Waals surface area contributed by atoms with Gasteiger partial charge in [-0.3, -0.25) is 4.79 Å². The second kappa shape index (κ2) is 12.4. The standard InChI is InChI=1S/C29H25ClN2O5/c1-4-5-22-12-20(13-23(16-31)28(33)32-24-11-6-18(2)25(30)15-24)14-26(36-3)27(22)37-17-19-7-9-21(10-8-19)29(34)35/h4,6-15H,1,5,17H2,2-3H3,(H,32,33)(H,34,35)/b23-13-. The van der Waals surface area contributed by atoms with Gasteiger partial charge in [0.05, 0.1) is 12.7 Å². The Morgan fingerprint density at radius 3 is 2.49 bits per heavy atom. The van der Waals surface area contributed by atoms with Crippen molar-refractivity contribution in [3.05, 3.63) is 106 Å². The molecule has 1 amide bonds. The number of halogens is 1. The molecule has 37 heavy (non-hydrogen) atoms. The van der Waals surface area contributed by atoms with Gasteiger partial charge in [0, 0.05) is 16.3 Å². The number of carbonyl (C=O) groups excluding carboxylic acids is 1. The van der Waals surface area contributed by atoms with Crippen LogP contribution in [0.4, 0.5) is 5.69 Å². The zero-order valence-corrected chi connectivity index (χ0v) is 21.1. The van der Waals surface area contributed by atoms with E-state index in [1.807, 2.05) is 13.0 Å². The Bertz CT molecular complexity index is 1410. The van der Waals surface area contributed by atoms with Gasteiger partial charge in [0.15, 0.2) is 11.5 Å². The lowest BCUT2D eigenvalue weighted by atomic mass is 10.0. The van der Waals surface area contributed by atoms with Crippen molar-refractivity contribution in [2.45, 2.75) is 20.0 Å². The minimum absolute atomic E-state index is 0.101. The summed E-state index contributed by atoms with van der Waals surface area (Å²) < 4.78 is 11.6. The quantitative estimate of drug-likeness (QED) is 0.188. The minimum Gasteiger partial charge on any atom is -0.493 e. The summed E-state index contributed by atoms with van der Waals surface area (Å²) in [6, 6.07) is 16.9. The van der Waals surface area contributed by atoms with Gasteiger partial charge in [0.2, 0.25) is 0 Å². The van der Waals surface area contributed by atoms with Crippen LogP contribution < -0.4 is 14.8 Å². The first-order chi connectivity index (χ1) is 17.7. The molecule has 0 saturated heterocycles. The number of benzene rings is 3. The lowest BCUT2D eigenvalue weighted by molar-refractivity contribution is -0.112. The van der Waals surface area contributed by atoms with Crippen LogP contribution in [0.5, 0.6) is 11.5 Å². The van der Waals surface area contributed by atoms with E-state index in [0.29, 0.717) is 34.2 Å². The van der Waals surface area contributed by atoms with Crippen LogP contribution in [0.25, 0.3) is 6.08 Å². The molecule has 3 rings (SSSR count). The van der Waals surface area contributed by atoms with Gasteiger partial charge in [0.25, 0.3) is 5.91 Å². The Balaban J connectivity index is 1.87. The van der Waals surface area contributed by atoms with Gasteiger partial charge in [0.1, 0.15) is 18.2 Å². The Hall–Kier alpha value is -4.54. The molecular formula is C29H25ClN2O5. The van der Waals surface area contributed by atoms with E-state index in [-0.39, 0.29) is 17.7 Å². The normalized spacial score (nSPS) is 10.8. The number of nitrogens with zero attached hydrogens (tertiary/aromatic N) is 1. The molecule has 3 aromatic carbocycles. The van der Waals surface area contributed by atoms with Crippen LogP contribution in [0.3, 0.4) is 0 Å². The predicted molar refractivity (Wildman–Crippen MR) is 143 cm³/mol. The molecule has 8 heteroatoms. The third-order valence-corrected chi connectivity index (χ3v) is 5.84. The number of methoxy groups -OCH3 is 1. The number of hydrogen-bond acceptors (Lipinski definition) is 5. The maximum atomic E-state index is 12.7. The first-order valence-corrected chi connectivity index (χ1v) is 11.6. The third-order valence-electron chi connectivity index (χ3n) is 5.43. The van der Waals surface area contributed by atoms with Crippen LogP contribution in [-0.2, 0) is 17.8 Å². The SMILES string of the molecule is C=CCc1cc(/C=C(/C#N)C(=O)Nc2ccc(C)c(Cl)c2)cc(OC)c1OCc1ccc(C(=O)O)cc1. The summed E-state index contributed by atoms with van der Waals surface area (Å²) in [6.07, 6.45) is 3.62. The van der Waals surface area contributed by atoms with Gasteiger partial charge in [-0.1, -0.05) is 35.9 Å². The summed E-state index contributed by atoms with van der Waals surface area (Å²) in [5.74, 6) is -0.675. The summed E-state index contributed by atoms with van der Waals surface area (Å²) in [7, 11) is 1.49. The molecule has 0 aromatic heterocycles. The predicted octanol–water partition coefficient (Wildman–Crippen LogP) is 6.21. The Labute approximate surface area is 220 Å². The lowest BCUT2D eigenvalue weighted by Gasteiger charge is -2.16. The smallest absolute Gasteiger partial charge is 0.335 e. The summed E-state index contributed by atoms with van der Waals surface area (Å²) >= 11 is 6.13. The fourth-order valence-electron chi connectivity index (χ4n) is 3.47. The van der Waals surface area contributed by atoms with E-state index in [1.165, 1.54) is 25.3 Å². The number of nitrogens with one attached hydrogen (secondary N) is 1. The number of carbonyl (C=O) groups is 2. The number of hydrogen-bond donors (Lipinski definition) is 2. The van der Waals surface area contributed by atoms with Crippen LogP contribution >= 0.6 is 11.6 Å². The molecule has 7 nitrogen and oxygen atoms in total. The number of aryl methyl sites for hydroxylation is 1. The van der Waals surface area contributed by atoms with E-state index in [2.05, 4.69) is 11.9 Å². The van der Waals surface area contributed by atoms with Crippen molar-refractivity contribution >= 4 is 35.2 Å². The van der Waals surface area contributed by atoms with E-state index in [0.717, 1.165) is 16.7 Å². The zero-order chi connectivity index (χ0) is 26.9. The number of allylic oxidation sites excluding steroid dienone is 1. The van der Waals surface area contributed by atoms with Crippen molar-refractivity contribution in [2.24, 2.45) is 0 Å². The average molecular weight is 517 g/mol. The van der Waals surface area contributed by atoms with Crippen molar-refractivity contribution in [2.75, 3.05) is 12.4 Å². The van der Waals surface area contributed by atoms with Crippen molar-refractivity contribution in [1.29, 1.82) is 5.26 Å². The molecule has 188 valence electrons. The maximum absolute atomic E-state index is 12.7. The molecule has 0 aliphatic rings. The molecule has 0 heterocycles. The van der Waals surface area contributed by atoms with Gasteiger partial charge in [-0.25, -0.2) is 4.79 Å². The number of anilines is 1. The Morgan fingerprint density at radius 2 is 1.89 bits per heavy atom. The number of carboxylic acids is 1. The second-order valence-electron chi connectivity index (χ2n) is 8.08. The van der Waals surface area contributed by atoms with Gasteiger partial charge >= 0.3 is 5.97 Å². The highest BCUT2D eigenvalue weighted by molar-refractivity contribution is 6.31. The molecule has 0 fully saturated rings. The van der Waals surface area contributed by atoms with Crippen molar-refractivity contribution in [1.82, 2.24) is 0 Å². The summed E-state index contributed by atoms with van der Waals surface area (Å²) in [6.45, 7) is 5.83. The molecule has 0 spiro atoms. The second-order valence-corrected chi connectivity index (χ2v) is 8.49. The number of ether oxygens (including phenoxy) is 2. The molecule has 0 radical (unpaired) electrons. The lowest BCUT2D eigenvalue weighted by Crippen LogP contribution is -2.13. The maximum Gasteiger partial charge on any atom is 0.335 e. The largest absolute Gasteiger partial charge is 0.493 e. The Morgan fingerprint density at radius 1 is 1.16 bits per heavy atom. The van der Waals surface area contributed by atoms with Gasteiger partial charge in [-0.05, 0) is 72.5 Å². The Kier molecular flexibility index (Phi) is 9.09. The van der Waals surface area contributed by atoms with E-state index in [1.54, 1.807) is 48.5 Å². The molecule has 0 atom stereocenters. The summed E-state index contributed by atoms with van der Waals surface area (Å²) in [5, 5.41) is 21.9. The van der Waals surface area contributed by atoms with E-state index < -0.39 is 11.9 Å². The fraction of sp³-hybridized carbons (Fsp3) is 0.138. The van der Waals surface area contributed by atoms with Crippen LogP contribution in [-0.4, -0.2) is 24.1 Å². The number of amides is 1. The van der Waals surface area contributed by atoms with Crippen LogP contribution in [0, 0.1) is 18.3 Å². The number of aromatic carboxylic acids is 1. The number of nitriles is 1. The molecule has 0 aliphatic heterocycles. The topological polar surface area (TPSA) is 109 Å². The van der Waals surface area contributed by atoms with Gasteiger partial charge < -0.3 is 19.9 Å². The summed E-state index contributed by atoms with van der Waals surface area (Å²) in [5.41, 5.74) is 3.53. The molecule has 3 aromatic rings. The summed E-state index contributed by atoms with van der Waals surface area (Å²) in [4.78, 5) is 23.8. The molecule has 2 N–H and O–H groups in total. The molecule has 0 unspecified atom stereocenters. The van der Waals surface area contributed by atoms with Crippen molar-refractivity contribution < 1.29 is 24.2 Å². The third kappa shape index (κ3) is 7.00. The minimum atomic E-state index is -1.00. The molecular weight excluding hydrogens is 492 g/mol. The first-order valence-electron chi connectivity index (χ1n) is 11.2. The number of carboxylic acid groups (broad SMARTS) is 1. The first kappa shape index (κ1) is 27.1. The van der Waals surface area contributed by atoms with Crippen molar-refractivity contribution in [3.63, 3.8) is 0 Å². The van der Waals surface area contributed by atoms with E-state index >= 15 is 0 Å². The van der Waals surface area contributed by atoms with E-state index in [9.17, 15) is 14.9 Å².